The number of thioether (sulfide) groups is 1. The van der Waals surface area contributed by atoms with Gasteiger partial charge < -0.3 is 15.4 Å². The van der Waals surface area contributed by atoms with E-state index in [4.69, 9.17) is 5.11 Å². The Morgan fingerprint density at radius 3 is 2.81 bits per heavy atom. The lowest BCUT2D eigenvalue weighted by Gasteiger charge is -2.05. The molecule has 0 bridgehead atoms. The zero-order chi connectivity index (χ0) is 15.2. The van der Waals surface area contributed by atoms with Gasteiger partial charge in [-0.2, -0.15) is 0 Å². The number of hydrogen-bond donors (Lipinski definition) is 3. The van der Waals surface area contributed by atoms with Crippen molar-refractivity contribution in [3.63, 3.8) is 0 Å². The molecular formula is C15H18N2O3S. The number of carboxylic acids is 1. The molecule has 5 nitrogen and oxygen atoms in total. The molecule has 2 rings (SSSR count). The quantitative estimate of drug-likeness (QED) is 0.730. The van der Waals surface area contributed by atoms with Crippen LogP contribution in [-0.2, 0) is 16.0 Å². The monoisotopic (exact) mass is 306 g/mol. The highest BCUT2D eigenvalue weighted by Crippen LogP contribution is 2.21. The van der Waals surface area contributed by atoms with Gasteiger partial charge in [-0.25, -0.2) is 0 Å². The van der Waals surface area contributed by atoms with Gasteiger partial charge in [0, 0.05) is 23.1 Å². The van der Waals surface area contributed by atoms with Crippen LogP contribution in [0.1, 0.15) is 11.3 Å². The van der Waals surface area contributed by atoms with Crippen LogP contribution in [0.3, 0.4) is 0 Å². The van der Waals surface area contributed by atoms with E-state index in [0.717, 1.165) is 29.4 Å². The van der Waals surface area contributed by atoms with E-state index in [2.05, 4.69) is 16.4 Å². The van der Waals surface area contributed by atoms with Crippen LogP contribution in [0.4, 0.5) is 0 Å². The standard InChI is InChI=1S/C15H18N2O3S/c1-10-11(12-4-2-3-5-13(12)17-10)6-7-16-14(18)8-21-9-15(19)20/h2-5,17H,6-9H2,1H3,(H,16,18)(H,19,20). The summed E-state index contributed by atoms with van der Waals surface area (Å²) in [5.74, 6) is -0.894. The summed E-state index contributed by atoms with van der Waals surface area (Å²) in [6.45, 7) is 2.58. The van der Waals surface area contributed by atoms with Crippen molar-refractivity contribution in [2.24, 2.45) is 0 Å². The second-order valence-electron chi connectivity index (χ2n) is 4.76. The van der Waals surface area contributed by atoms with Gasteiger partial charge >= 0.3 is 5.97 Å². The van der Waals surface area contributed by atoms with Gasteiger partial charge in [-0.15, -0.1) is 11.8 Å². The van der Waals surface area contributed by atoms with Crippen molar-refractivity contribution in [1.82, 2.24) is 10.3 Å². The topological polar surface area (TPSA) is 82.2 Å². The molecule has 21 heavy (non-hydrogen) atoms. The molecule has 1 amide bonds. The predicted octanol–water partition coefficient (Wildman–Crippen LogP) is 1.95. The Hall–Kier alpha value is -1.95. The Morgan fingerprint density at radius 2 is 2.05 bits per heavy atom. The number of rotatable bonds is 7. The van der Waals surface area contributed by atoms with Crippen LogP contribution in [0.2, 0.25) is 0 Å². The van der Waals surface area contributed by atoms with Gasteiger partial charge in [-0.1, -0.05) is 18.2 Å². The van der Waals surface area contributed by atoms with Crippen molar-refractivity contribution in [1.29, 1.82) is 0 Å². The number of fused-ring (bicyclic) bond motifs is 1. The third-order valence-electron chi connectivity index (χ3n) is 3.18. The minimum atomic E-state index is -0.901. The smallest absolute Gasteiger partial charge is 0.313 e. The fourth-order valence-electron chi connectivity index (χ4n) is 2.27. The molecule has 0 aliphatic heterocycles. The van der Waals surface area contributed by atoms with Crippen LogP contribution in [0.25, 0.3) is 10.9 Å². The van der Waals surface area contributed by atoms with Crippen molar-refractivity contribution < 1.29 is 14.7 Å². The lowest BCUT2D eigenvalue weighted by atomic mass is 10.1. The fraction of sp³-hybridized carbons (Fsp3) is 0.333. The largest absolute Gasteiger partial charge is 0.481 e. The van der Waals surface area contributed by atoms with E-state index in [1.165, 1.54) is 10.9 Å². The van der Waals surface area contributed by atoms with E-state index in [1.54, 1.807) is 0 Å². The number of carbonyl (C=O) groups is 2. The number of amides is 1. The molecule has 1 aromatic carbocycles. The molecule has 1 heterocycles. The summed E-state index contributed by atoms with van der Waals surface area (Å²) in [5.41, 5.74) is 3.43. The molecule has 3 N–H and O–H groups in total. The first kappa shape index (κ1) is 15.4. The minimum absolute atomic E-state index is 0.0467. The van der Waals surface area contributed by atoms with Gasteiger partial charge in [0.05, 0.1) is 11.5 Å². The Kier molecular flexibility index (Phi) is 5.27. The van der Waals surface area contributed by atoms with Gasteiger partial charge in [0.2, 0.25) is 5.91 Å². The maximum Gasteiger partial charge on any atom is 0.313 e. The predicted molar refractivity (Wildman–Crippen MR) is 84.7 cm³/mol. The highest BCUT2D eigenvalue weighted by molar-refractivity contribution is 8.00. The second-order valence-corrected chi connectivity index (χ2v) is 5.75. The van der Waals surface area contributed by atoms with Crippen molar-refractivity contribution in [2.75, 3.05) is 18.1 Å². The van der Waals surface area contributed by atoms with E-state index < -0.39 is 5.97 Å². The molecule has 1 aromatic heterocycles. The summed E-state index contributed by atoms with van der Waals surface area (Å²) in [5, 5.41) is 12.5. The van der Waals surface area contributed by atoms with E-state index in [9.17, 15) is 9.59 Å². The van der Waals surface area contributed by atoms with Crippen LogP contribution in [0.5, 0.6) is 0 Å². The fourth-order valence-corrected chi connectivity index (χ4v) is 2.83. The van der Waals surface area contributed by atoms with Gasteiger partial charge in [0.1, 0.15) is 0 Å². The molecule has 0 spiro atoms. The van der Waals surface area contributed by atoms with Gasteiger partial charge in [-0.05, 0) is 25.0 Å². The molecule has 0 saturated carbocycles. The first-order valence-electron chi connectivity index (χ1n) is 6.70. The minimum Gasteiger partial charge on any atom is -0.481 e. The molecule has 0 atom stereocenters. The Bertz CT molecular complexity index is 651. The summed E-state index contributed by atoms with van der Waals surface area (Å²) in [6, 6.07) is 8.09. The normalized spacial score (nSPS) is 10.7. The molecule has 6 heteroatoms. The van der Waals surface area contributed by atoms with Crippen LogP contribution in [0, 0.1) is 6.92 Å². The summed E-state index contributed by atoms with van der Waals surface area (Å²) in [6.07, 6.45) is 0.755. The number of hydrogen-bond acceptors (Lipinski definition) is 3. The maximum absolute atomic E-state index is 11.6. The number of carboxylic acid groups (broad SMARTS) is 1. The molecule has 112 valence electrons. The number of benzene rings is 1. The number of aryl methyl sites for hydroxylation is 1. The summed E-state index contributed by atoms with van der Waals surface area (Å²) in [7, 11) is 0. The number of aromatic nitrogens is 1. The molecule has 0 aliphatic carbocycles. The van der Waals surface area contributed by atoms with Crippen LogP contribution < -0.4 is 5.32 Å². The lowest BCUT2D eigenvalue weighted by Crippen LogP contribution is -2.27. The second kappa shape index (κ2) is 7.17. The Morgan fingerprint density at radius 1 is 1.29 bits per heavy atom. The number of aliphatic carboxylic acids is 1. The lowest BCUT2D eigenvalue weighted by molar-refractivity contribution is -0.133. The molecule has 2 aromatic rings. The number of H-pyrrole nitrogens is 1. The first-order valence-corrected chi connectivity index (χ1v) is 7.86. The van der Waals surface area contributed by atoms with E-state index in [-0.39, 0.29) is 17.4 Å². The van der Waals surface area contributed by atoms with Gasteiger partial charge in [-0.3, -0.25) is 9.59 Å². The highest BCUT2D eigenvalue weighted by atomic mass is 32.2. The van der Waals surface area contributed by atoms with E-state index in [0.29, 0.717) is 6.54 Å². The summed E-state index contributed by atoms with van der Waals surface area (Å²) in [4.78, 5) is 25.3. The third-order valence-corrected chi connectivity index (χ3v) is 4.10. The van der Waals surface area contributed by atoms with Crippen LogP contribution in [-0.4, -0.2) is 40.0 Å². The van der Waals surface area contributed by atoms with E-state index in [1.807, 2.05) is 25.1 Å². The Labute approximate surface area is 127 Å². The third kappa shape index (κ3) is 4.26. The van der Waals surface area contributed by atoms with Crippen molar-refractivity contribution >= 4 is 34.5 Å². The first-order chi connectivity index (χ1) is 10.1. The zero-order valence-corrected chi connectivity index (χ0v) is 12.6. The number of aromatic amines is 1. The van der Waals surface area contributed by atoms with Crippen molar-refractivity contribution in [3.8, 4) is 0 Å². The van der Waals surface area contributed by atoms with Gasteiger partial charge in [0.15, 0.2) is 0 Å². The average Bonchev–Trinajstić information content (AvgIpc) is 2.75. The van der Waals surface area contributed by atoms with Crippen molar-refractivity contribution in [2.45, 2.75) is 13.3 Å². The molecular weight excluding hydrogens is 288 g/mol. The SMILES string of the molecule is Cc1[nH]c2ccccc2c1CCNC(=O)CSCC(=O)O. The molecule has 0 saturated heterocycles. The number of carbonyl (C=O) groups excluding carboxylic acids is 1. The zero-order valence-electron chi connectivity index (χ0n) is 11.8. The van der Waals surface area contributed by atoms with Crippen molar-refractivity contribution in [3.05, 3.63) is 35.5 Å². The maximum atomic E-state index is 11.6. The highest BCUT2D eigenvalue weighted by Gasteiger charge is 2.08. The Balaban J connectivity index is 1.84. The molecule has 0 radical (unpaired) electrons. The average molecular weight is 306 g/mol. The molecule has 0 unspecified atom stereocenters. The molecule has 0 fully saturated rings. The van der Waals surface area contributed by atoms with Gasteiger partial charge in [0.25, 0.3) is 0 Å². The molecule has 0 aliphatic rings. The van der Waals surface area contributed by atoms with Crippen LogP contribution >= 0.6 is 11.8 Å². The van der Waals surface area contributed by atoms with Crippen LogP contribution in [0.15, 0.2) is 24.3 Å². The number of para-hydroxylation sites is 1. The summed E-state index contributed by atoms with van der Waals surface area (Å²) < 4.78 is 0. The number of nitrogens with one attached hydrogen (secondary N) is 2. The summed E-state index contributed by atoms with van der Waals surface area (Å²) >= 11 is 1.11. The van der Waals surface area contributed by atoms with E-state index >= 15 is 0 Å².